The number of aliphatic hydroxyl groups excluding tert-OH is 1. The second-order valence-electron chi connectivity index (χ2n) is 6.90. The zero-order valence-corrected chi connectivity index (χ0v) is 16.1. The number of rotatable bonds is 8. The molecule has 1 saturated heterocycles. The van der Waals surface area contributed by atoms with E-state index in [1.807, 2.05) is 30.3 Å². The quantitative estimate of drug-likeness (QED) is 0.726. The van der Waals surface area contributed by atoms with Crippen molar-refractivity contribution in [2.75, 3.05) is 26.7 Å². The molecule has 0 saturated carbocycles. The number of hydrogen-bond acceptors (Lipinski definition) is 6. The van der Waals surface area contributed by atoms with Crippen molar-refractivity contribution in [2.45, 2.75) is 31.6 Å². The molecule has 150 valence electrons. The van der Waals surface area contributed by atoms with Crippen molar-refractivity contribution in [3.8, 4) is 5.88 Å². The number of ether oxygens (including phenoxy) is 2. The molecule has 1 aromatic carbocycles. The normalized spacial score (nSPS) is 16.4. The van der Waals surface area contributed by atoms with E-state index in [0.29, 0.717) is 18.0 Å². The molecule has 2 atom stereocenters. The van der Waals surface area contributed by atoms with E-state index in [-0.39, 0.29) is 6.61 Å². The molecule has 0 spiro atoms. The van der Waals surface area contributed by atoms with Crippen molar-refractivity contribution in [3.63, 3.8) is 0 Å². The van der Waals surface area contributed by atoms with Crippen LogP contribution in [0.1, 0.15) is 30.1 Å². The smallest absolute Gasteiger partial charge is 0.407 e. The van der Waals surface area contributed by atoms with Crippen molar-refractivity contribution < 1.29 is 19.4 Å². The van der Waals surface area contributed by atoms with E-state index in [2.05, 4.69) is 15.2 Å². The number of amides is 1. The Hall–Kier alpha value is -2.64. The van der Waals surface area contributed by atoms with Crippen LogP contribution in [0.15, 0.2) is 48.7 Å². The van der Waals surface area contributed by atoms with Crippen LogP contribution in [0.25, 0.3) is 0 Å². The topological polar surface area (TPSA) is 83.9 Å². The van der Waals surface area contributed by atoms with E-state index in [0.717, 1.165) is 31.5 Å². The van der Waals surface area contributed by atoms with Crippen LogP contribution >= 0.6 is 0 Å². The van der Waals surface area contributed by atoms with Crippen LogP contribution in [0, 0.1) is 0 Å². The maximum atomic E-state index is 12.3. The van der Waals surface area contributed by atoms with Crippen LogP contribution in [-0.2, 0) is 11.3 Å². The standard InChI is InChI=1S/C21H27N3O4/c1-27-19-10-9-17(13-22-19)20(25)18(14-24-11-5-6-12-24)23-21(26)28-15-16-7-3-2-4-8-16/h2-4,7-10,13,18,20,25H,5-6,11-12,14-15H2,1H3,(H,23,26)/t18-,20-/m1/s1. The third-order valence-electron chi connectivity index (χ3n) is 4.86. The molecule has 0 bridgehead atoms. The fraction of sp³-hybridized carbons (Fsp3) is 0.429. The first-order valence-corrected chi connectivity index (χ1v) is 9.53. The number of nitrogens with zero attached hydrogens (tertiary/aromatic N) is 2. The van der Waals surface area contributed by atoms with Gasteiger partial charge in [-0.05, 0) is 37.6 Å². The Balaban J connectivity index is 1.63. The second-order valence-corrected chi connectivity index (χ2v) is 6.90. The van der Waals surface area contributed by atoms with Gasteiger partial charge in [0.15, 0.2) is 0 Å². The number of carbonyl (C=O) groups is 1. The summed E-state index contributed by atoms with van der Waals surface area (Å²) < 4.78 is 10.4. The molecule has 0 aliphatic carbocycles. The maximum Gasteiger partial charge on any atom is 0.407 e. The summed E-state index contributed by atoms with van der Waals surface area (Å²) in [7, 11) is 1.54. The number of aromatic nitrogens is 1. The number of benzene rings is 1. The highest BCUT2D eigenvalue weighted by molar-refractivity contribution is 5.67. The summed E-state index contributed by atoms with van der Waals surface area (Å²) >= 11 is 0. The molecule has 0 radical (unpaired) electrons. The molecule has 2 N–H and O–H groups in total. The molecule has 1 fully saturated rings. The van der Waals surface area contributed by atoms with Crippen LogP contribution in [-0.4, -0.2) is 53.9 Å². The van der Waals surface area contributed by atoms with Gasteiger partial charge in [-0.2, -0.15) is 0 Å². The molecular weight excluding hydrogens is 358 g/mol. The third kappa shape index (κ3) is 5.68. The summed E-state index contributed by atoms with van der Waals surface area (Å²) in [6, 6.07) is 12.4. The largest absolute Gasteiger partial charge is 0.481 e. The highest BCUT2D eigenvalue weighted by Crippen LogP contribution is 2.20. The van der Waals surface area contributed by atoms with Gasteiger partial charge in [0.2, 0.25) is 5.88 Å². The Bertz CT molecular complexity index is 733. The van der Waals surface area contributed by atoms with E-state index in [9.17, 15) is 9.90 Å². The summed E-state index contributed by atoms with van der Waals surface area (Å²) in [5, 5.41) is 13.7. The summed E-state index contributed by atoms with van der Waals surface area (Å²) in [6.07, 6.45) is 2.38. The Labute approximate surface area is 165 Å². The minimum Gasteiger partial charge on any atom is -0.481 e. The minimum atomic E-state index is -0.900. The number of methoxy groups -OCH3 is 1. The molecular formula is C21H27N3O4. The lowest BCUT2D eigenvalue weighted by Gasteiger charge is -2.28. The number of carbonyl (C=O) groups excluding carboxylic acids is 1. The SMILES string of the molecule is COc1ccc([C@@H](O)[C@@H](CN2CCCC2)NC(=O)OCc2ccccc2)cn1. The lowest BCUT2D eigenvalue weighted by atomic mass is 10.0. The van der Waals surface area contributed by atoms with E-state index in [1.165, 1.54) is 0 Å². The molecule has 1 aliphatic rings. The van der Waals surface area contributed by atoms with Gasteiger partial charge in [-0.15, -0.1) is 0 Å². The molecule has 3 rings (SSSR count). The van der Waals surface area contributed by atoms with Crippen LogP contribution < -0.4 is 10.1 Å². The van der Waals surface area contributed by atoms with Gasteiger partial charge in [0.05, 0.1) is 13.2 Å². The highest BCUT2D eigenvalue weighted by atomic mass is 16.5. The number of hydrogen-bond donors (Lipinski definition) is 2. The van der Waals surface area contributed by atoms with Gasteiger partial charge >= 0.3 is 6.09 Å². The number of nitrogens with one attached hydrogen (secondary N) is 1. The third-order valence-corrected chi connectivity index (χ3v) is 4.86. The van der Waals surface area contributed by atoms with E-state index in [4.69, 9.17) is 9.47 Å². The summed E-state index contributed by atoms with van der Waals surface area (Å²) in [5.41, 5.74) is 1.53. The predicted octanol–water partition coefficient (Wildman–Crippen LogP) is 2.51. The molecule has 0 unspecified atom stereocenters. The lowest BCUT2D eigenvalue weighted by Crippen LogP contribution is -2.46. The lowest BCUT2D eigenvalue weighted by molar-refractivity contribution is 0.0880. The monoisotopic (exact) mass is 385 g/mol. The Morgan fingerprint density at radius 1 is 1.21 bits per heavy atom. The molecule has 28 heavy (non-hydrogen) atoms. The Kier molecular flexibility index (Phi) is 7.22. The molecule has 1 amide bonds. The van der Waals surface area contributed by atoms with Gasteiger partial charge in [-0.3, -0.25) is 0 Å². The highest BCUT2D eigenvalue weighted by Gasteiger charge is 2.27. The van der Waals surface area contributed by atoms with Crippen LogP contribution in [0.3, 0.4) is 0 Å². The fourth-order valence-electron chi connectivity index (χ4n) is 3.30. The van der Waals surface area contributed by atoms with Gasteiger partial charge in [0.1, 0.15) is 12.7 Å². The van der Waals surface area contributed by atoms with Crippen LogP contribution in [0.2, 0.25) is 0 Å². The first-order valence-electron chi connectivity index (χ1n) is 9.53. The summed E-state index contributed by atoms with van der Waals surface area (Å²) in [4.78, 5) is 18.7. The first-order chi connectivity index (χ1) is 13.7. The maximum absolute atomic E-state index is 12.3. The van der Waals surface area contributed by atoms with Crippen molar-refractivity contribution in [1.29, 1.82) is 0 Å². The second kappa shape index (κ2) is 10.1. The Morgan fingerprint density at radius 2 is 1.96 bits per heavy atom. The van der Waals surface area contributed by atoms with E-state index < -0.39 is 18.2 Å². The predicted molar refractivity (Wildman–Crippen MR) is 105 cm³/mol. The van der Waals surface area contributed by atoms with Crippen molar-refractivity contribution in [1.82, 2.24) is 15.2 Å². The summed E-state index contributed by atoms with van der Waals surface area (Å²) in [5.74, 6) is 0.474. The van der Waals surface area contributed by atoms with Crippen LogP contribution in [0.4, 0.5) is 4.79 Å². The first kappa shape index (κ1) is 20.1. The average Bonchev–Trinajstić information content (AvgIpc) is 3.25. The number of aliphatic hydroxyl groups is 1. The van der Waals surface area contributed by atoms with E-state index in [1.54, 1.807) is 25.4 Å². The average molecular weight is 385 g/mol. The van der Waals surface area contributed by atoms with Gasteiger partial charge < -0.3 is 24.8 Å². The van der Waals surface area contributed by atoms with Crippen molar-refractivity contribution in [3.05, 3.63) is 59.8 Å². The Morgan fingerprint density at radius 3 is 2.61 bits per heavy atom. The molecule has 2 aromatic rings. The fourth-order valence-corrected chi connectivity index (χ4v) is 3.30. The number of pyridine rings is 1. The zero-order chi connectivity index (χ0) is 19.8. The minimum absolute atomic E-state index is 0.184. The van der Waals surface area contributed by atoms with E-state index >= 15 is 0 Å². The summed E-state index contributed by atoms with van der Waals surface area (Å²) in [6.45, 7) is 2.66. The van der Waals surface area contributed by atoms with Gasteiger partial charge in [0, 0.05) is 24.4 Å². The molecule has 7 heteroatoms. The molecule has 7 nitrogen and oxygen atoms in total. The molecule has 1 aliphatic heterocycles. The van der Waals surface area contributed by atoms with Crippen LogP contribution in [0.5, 0.6) is 5.88 Å². The zero-order valence-electron chi connectivity index (χ0n) is 16.1. The molecule has 2 heterocycles. The van der Waals surface area contributed by atoms with Crippen molar-refractivity contribution in [2.24, 2.45) is 0 Å². The van der Waals surface area contributed by atoms with Gasteiger partial charge in [-0.1, -0.05) is 30.3 Å². The number of alkyl carbamates (subject to hydrolysis) is 1. The number of likely N-dealkylation sites (tertiary alicyclic amines) is 1. The van der Waals surface area contributed by atoms with Gasteiger partial charge in [0.25, 0.3) is 0 Å². The van der Waals surface area contributed by atoms with Gasteiger partial charge in [-0.25, -0.2) is 9.78 Å². The molecule has 1 aromatic heterocycles. The van der Waals surface area contributed by atoms with Crippen molar-refractivity contribution >= 4 is 6.09 Å².